The Hall–Kier alpha value is -2.98. The summed E-state index contributed by atoms with van der Waals surface area (Å²) >= 11 is 0. The fraction of sp³-hybridized carbons (Fsp3) is 0.357. The van der Waals surface area contributed by atoms with Gasteiger partial charge in [-0.1, -0.05) is 82.3 Å². The van der Waals surface area contributed by atoms with E-state index in [1.54, 1.807) is 12.4 Å². The monoisotopic (exact) mass is 428 g/mol. The second-order valence-electron chi connectivity index (χ2n) is 9.58. The van der Waals surface area contributed by atoms with Gasteiger partial charge >= 0.3 is 0 Å². The van der Waals surface area contributed by atoms with E-state index >= 15 is 0 Å². The van der Waals surface area contributed by atoms with Gasteiger partial charge < -0.3 is 9.47 Å². The van der Waals surface area contributed by atoms with Crippen molar-refractivity contribution in [1.82, 2.24) is 9.97 Å². The summed E-state index contributed by atoms with van der Waals surface area (Å²) in [6.07, 6.45) is 5.19. The molecule has 32 heavy (non-hydrogen) atoms. The van der Waals surface area contributed by atoms with Gasteiger partial charge in [0.05, 0.1) is 23.3 Å². The minimum absolute atomic E-state index is 0.0174. The van der Waals surface area contributed by atoms with E-state index in [4.69, 9.17) is 19.4 Å². The van der Waals surface area contributed by atoms with Crippen molar-refractivity contribution < 1.29 is 9.47 Å². The largest absolute Gasteiger partial charge is 0.469 e. The van der Waals surface area contributed by atoms with Crippen LogP contribution in [-0.4, -0.2) is 22.4 Å². The molecule has 2 aromatic carbocycles. The smallest absolute Gasteiger partial charge is 0.205 e. The number of hydrogen-bond donors (Lipinski definition) is 0. The van der Waals surface area contributed by atoms with Gasteiger partial charge in [0, 0.05) is 34.4 Å². The van der Waals surface area contributed by atoms with Crippen molar-refractivity contribution in [2.75, 3.05) is 0 Å². The van der Waals surface area contributed by atoms with E-state index in [-0.39, 0.29) is 23.2 Å². The van der Waals surface area contributed by atoms with Crippen LogP contribution in [-0.2, 0) is 14.9 Å². The molecule has 166 valence electrons. The standard InChI is InChI=1S/C28H32N2O2/c1-19-18-20(2)32-26(31-19)28(5,6)27(3,4)23-15-11-10-14-22(23)25-24(29-16-17-30-25)21-12-8-7-9-13-21/h7-19,26H,1-6H3/t19?,26-/m0/s1. The molecule has 0 N–H and O–H groups in total. The van der Waals surface area contributed by atoms with Gasteiger partial charge in [-0.25, -0.2) is 0 Å². The molecule has 0 saturated carbocycles. The van der Waals surface area contributed by atoms with Crippen molar-refractivity contribution in [3.05, 3.63) is 84.4 Å². The summed E-state index contributed by atoms with van der Waals surface area (Å²) < 4.78 is 12.4. The summed E-state index contributed by atoms with van der Waals surface area (Å²) in [5.74, 6) is 0.909. The number of ether oxygens (including phenoxy) is 2. The molecule has 2 atom stereocenters. The third-order valence-corrected chi connectivity index (χ3v) is 6.90. The molecule has 1 aliphatic rings. The van der Waals surface area contributed by atoms with Crippen LogP contribution in [0.5, 0.6) is 0 Å². The maximum atomic E-state index is 6.24. The number of benzene rings is 2. The summed E-state index contributed by atoms with van der Waals surface area (Å²) in [6.45, 7) is 13.0. The normalized spacial score (nSPS) is 19.2. The molecule has 1 unspecified atom stereocenters. The van der Waals surface area contributed by atoms with E-state index in [9.17, 15) is 0 Å². The van der Waals surface area contributed by atoms with E-state index in [1.165, 1.54) is 5.56 Å². The lowest BCUT2D eigenvalue weighted by Crippen LogP contribution is -2.49. The van der Waals surface area contributed by atoms with Gasteiger partial charge in [-0.3, -0.25) is 9.97 Å². The molecule has 0 spiro atoms. The summed E-state index contributed by atoms with van der Waals surface area (Å²) in [5, 5.41) is 0. The maximum Gasteiger partial charge on any atom is 0.205 e. The average Bonchev–Trinajstić information content (AvgIpc) is 2.79. The molecule has 0 bridgehead atoms. The highest BCUT2D eigenvalue weighted by Gasteiger charge is 2.48. The third-order valence-electron chi connectivity index (χ3n) is 6.90. The SMILES string of the molecule is CC1=CC(C)O[C@H](C(C)(C)C(C)(C)c2ccccc2-c2nccnc2-c2ccccc2)O1. The summed E-state index contributed by atoms with van der Waals surface area (Å²) in [5.41, 5.74) is 4.46. The van der Waals surface area contributed by atoms with Crippen LogP contribution < -0.4 is 0 Å². The highest BCUT2D eigenvalue weighted by molar-refractivity contribution is 5.80. The third kappa shape index (κ3) is 3.95. The number of nitrogens with zero attached hydrogens (tertiary/aromatic N) is 2. The average molecular weight is 429 g/mol. The molecule has 4 heteroatoms. The van der Waals surface area contributed by atoms with Gasteiger partial charge in [0.25, 0.3) is 0 Å². The molecule has 0 aliphatic carbocycles. The molecule has 0 amide bonds. The minimum Gasteiger partial charge on any atom is -0.469 e. The lowest BCUT2D eigenvalue weighted by molar-refractivity contribution is -0.219. The first-order chi connectivity index (χ1) is 15.2. The van der Waals surface area contributed by atoms with Crippen molar-refractivity contribution in [3.8, 4) is 22.5 Å². The Labute approximate surface area is 191 Å². The van der Waals surface area contributed by atoms with Gasteiger partial charge in [0.15, 0.2) is 0 Å². The maximum absolute atomic E-state index is 6.24. The molecule has 4 nitrogen and oxygen atoms in total. The first-order valence-electron chi connectivity index (χ1n) is 11.2. The second-order valence-corrected chi connectivity index (χ2v) is 9.58. The number of aromatic nitrogens is 2. The van der Waals surface area contributed by atoms with Gasteiger partial charge in [0.2, 0.25) is 6.29 Å². The highest BCUT2D eigenvalue weighted by atomic mass is 16.7. The number of rotatable bonds is 5. The van der Waals surface area contributed by atoms with Crippen LogP contribution in [0.1, 0.15) is 47.1 Å². The van der Waals surface area contributed by atoms with Crippen LogP contribution in [0, 0.1) is 5.41 Å². The van der Waals surface area contributed by atoms with E-state index in [1.807, 2.05) is 31.2 Å². The lowest BCUT2D eigenvalue weighted by Gasteiger charge is -2.48. The van der Waals surface area contributed by atoms with Crippen molar-refractivity contribution in [1.29, 1.82) is 0 Å². The molecular formula is C28H32N2O2. The molecule has 2 heterocycles. The number of allylic oxidation sites excluding steroid dienone is 1. The minimum atomic E-state index is -0.360. The van der Waals surface area contributed by atoms with Crippen LogP contribution in [0.2, 0.25) is 0 Å². The van der Waals surface area contributed by atoms with E-state index in [0.717, 1.165) is 28.3 Å². The van der Waals surface area contributed by atoms with E-state index in [2.05, 4.69) is 71.0 Å². The van der Waals surface area contributed by atoms with Gasteiger partial charge in [-0.05, 0) is 25.5 Å². The van der Waals surface area contributed by atoms with E-state index in [0.29, 0.717) is 0 Å². The number of hydrogen-bond acceptors (Lipinski definition) is 4. The van der Waals surface area contributed by atoms with Crippen molar-refractivity contribution >= 4 is 0 Å². The fourth-order valence-corrected chi connectivity index (χ4v) is 4.34. The first-order valence-corrected chi connectivity index (χ1v) is 11.2. The van der Waals surface area contributed by atoms with Crippen LogP contribution in [0.25, 0.3) is 22.5 Å². The molecule has 0 fully saturated rings. The topological polar surface area (TPSA) is 44.2 Å². The molecule has 0 radical (unpaired) electrons. The summed E-state index contributed by atoms with van der Waals surface area (Å²) in [4.78, 5) is 9.49. The Morgan fingerprint density at radius 2 is 1.44 bits per heavy atom. The summed E-state index contributed by atoms with van der Waals surface area (Å²) in [6, 6.07) is 18.7. The zero-order chi connectivity index (χ0) is 22.9. The lowest BCUT2D eigenvalue weighted by atomic mass is 9.62. The molecule has 1 aliphatic heterocycles. The predicted octanol–water partition coefficient (Wildman–Crippen LogP) is 6.78. The van der Waals surface area contributed by atoms with Crippen LogP contribution in [0.15, 0.2) is 78.8 Å². The van der Waals surface area contributed by atoms with Crippen LogP contribution >= 0.6 is 0 Å². The zero-order valence-corrected chi connectivity index (χ0v) is 19.8. The van der Waals surface area contributed by atoms with Crippen molar-refractivity contribution in [3.63, 3.8) is 0 Å². The zero-order valence-electron chi connectivity index (χ0n) is 19.8. The van der Waals surface area contributed by atoms with Gasteiger partial charge in [0.1, 0.15) is 0 Å². The Bertz CT molecular complexity index is 1120. The van der Waals surface area contributed by atoms with Gasteiger partial charge in [-0.15, -0.1) is 0 Å². The van der Waals surface area contributed by atoms with Crippen LogP contribution in [0.4, 0.5) is 0 Å². The van der Waals surface area contributed by atoms with Gasteiger partial charge in [-0.2, -0.15) is 0 Å². The van der Waals surface area contributed by atoms with E-state index < -0.39 is 0 Å². The quantitative estimate of drug-likeness (QED) is 0.449. The summed E-state index contributed by atoms with van der Waals surface area (Å²) in [7, 11) is 0. The molecular weight excluding hydrogens is 396 g/mol. The first kappa shape index (κ1) is 22.2. The molecule has 3 aromatic rings. The molecule has 1 aromatic heterocycles. The Morgan fingerprint density at radius 3 is 2.12 bits per heavy atom. The van der Waals surface area contributed by atoms with Crippen molar-refractivity contribution in [2.24, 2.45) is 5.41 Å². The fourth-order valence-electron chi connectivity index (χ4n) is 4.34. The molecule has 0 saturated heterocycles. The van der Waals surface area contributed by atoms with Crippen LogP contribution in [0.3, 0.4) is 0 Å². The Kier molecular flexibility index (Phi) is 5.91. The molecule has 4 rings (SSSR count). The van der Waals surface area contributed by atoms with Crippen molar-refractivity contribution in [2.45, 2.75) is 59.4 Å². The Balaban J connectivity index is 1.82. The Morgan fingerprint density at radius 1 is 0.812 bits per heavy atom. The second kappa shape index (κ2) is 8.51. The highest BCUT2D eigenvalue weighted by Crippen LogP contribution is 2.49. The predicted molar refractivity (Wildman–Crippen MR) is 129 cm³/mol.